The minimum absolute atomic E-state index is 0.0177. The molecule has 2 heterocycles. The van der Waals surface area contributed by atoms with Gasteiger partial charge >= 0.3 is 0 Å². The zero-order valence-corrected chi connectivity index (χ0v) is 22.7. The van der Waals surface area contributed by atoms with Gasteiger partial charge in [0, 0.05) is 12.8 Å². The van der Waals surface area contributed by atoms with Gasteiger partial charge in [0.1, 0.15) is 23.9 Å². The minimum Gasteiger partial charge on any atom is -0.441 e. The summed E-state index contributed by atoms with van der Waals surface area (Å²) in [7, 11) is -3.17. The Labute approximate surface area is 227 Å². The Balaban J connectivity index is 1.18. The van der Waals surface area contributed by atoms with Crippen LogP contribution in [-0.4, -0.2) is 44.7 Å². The zero-order valence-electron chi connectivity index (χ0n) is 21.8. The van der Waals surface area contributed by atoms with Crippen molar-refractivity contribution < 1.29 is 18.6 Å². The maximum atomic E-state index is 13.9. The van der Waals surface area contributed by atoms with Crippen LogP contribution >= 0.6 is 7.37 Å². The summed E-state index contributed by atoms with van der Waals surface area (Å²) in [5, 5.41) is 2.37. The fourth-order valence-electron chi connectivity index (χ4n) is 4.42. The van der Waals surface area contributed by atoms with Crippen molar-refractivity contribution in [1.82, 2.24) is 19.5 Å². The third-order valence-corrected chi connectivity index (χ3v) is 8.46. The van der Waals surface area contributed by atoms with E-state index in [9.17, 15) is 4.57 Å². The average Bonchev–Trinajstić information content (AvgIpc) is 3.36. The first-order chi connectivity index (χ1) is 19.0. The van der Waals surface area contributed by atoms with E-state index < -0.39 is 7.37 Å². The molecule has 2 aromatic heterocycles. The Morgan fingerprint density at radius 3 is 2.64 bits per heavy atom. The number of anilines is 1. The van der Waals surface area contributed by atoms with Crippen LogP contribution in [0.15, 0.2) is 85.5 Å². The number of hydrogen-bond acceptors (Lipinski definition) is 8. The molecule has 0 bridgehead atoms. The van der Waals surface area contributed by atoms with Gasteiger partial charge in [0.15, 0.2) is 11.5 Å². The maximum absolute atomic E-state index is 13.9. The van der Waals surface area contributed by atoms with Crippen LogP contribution in [0.2, 0.25) is 0 Å². The molecular weight excluding hydrogens is 513 g/mol. The van der Waals surface area contributed by atoms with E-state index >= 15 is 0 Å². The highest BCUT2D eigenvalue weighted by molar-refractivity contribution is 7.59. The van der Waals surface area contributed by atoms with Crippen LogP contribution in [0.25, 0.3) is 21.9 Å². The van der Waals surface area contributed by atoms with Crippen molar-refractivity contribution in [2.24, 2.45) is 0 Å². The van der Waals surface area contributed by atoms with Gasteiger partial charge in [-0.15, -0.1) is 0 Å². The summed E-state index contributed by atoms with van der Waals surface area (Å²) in [6, 6.07) is 23.7. The average molecular weight is 546 g/mol. The fraction of sp³-hybridized carbons (Fsp3) is 0.276. The third-order valence-electron chi connectivity index (χ3n) is 6.38. The van der Waals surface area contributed by atoms with Crippen LogP contribution in [0, 0.1) is 0 Å². The van der Waals surface area contributed by atoms with Gasteiger partial charge in [-0.1, -0.05) is 60.7 Å². The van der Waals surface area contributed by atoms with Gasteiger partial charge in [-0.05, 0) is 41.8 Å². The zero-order chi connectivity index (χ0) is 27.1. The number of aromatic nitrogens is 4. The highest BCUT2D eigenvalue weighted by Gasteiger charge is 2.26. The first-order valence-corrected chi connectivity index (χ1v) is 14.9. The summed E-state index contributed by atoms with van der Waals surface area (Å²) >= 11 is 0. The van der Waals surface area contributed by atoms with Crippen LogP contribution in [0.4, 0.5) is 5.82 Å². The molecule has 0 aliphatic carbocycles. The molecule has 202 valence electrons. The van der Waals surface area contributed by atoms with E-state index in [1.54, 1.807) is 18.5 Å². The Hall–Kier alpha value is -3.78. The Morgan fingerprint density at radius 1 is 0.974 bits per heavy atom. The lowest BCUT2D eigenvalue weighted by Crippen LogP contribution is -2.19. The van der Waals surface area contributed by atoms with Crippen LogP contribution in [0.1, 0.15) is 18.9 Å². The topological polar surface area (TPSA) is 114 Å². The second-order valence-electron chi connectivity index (χ2n) is 9.42. The second kappa shape index (κ2) is 12.4. The van der Waals surface area contributed by atoms with Gasteiger partial charge in [-0.25, -0.2) is 15.0 Å². The molecule has 0 radical (unpaired) electrons. The van der Waals surface area contributed by atoms with E-state index in [0.29, 0.717) is 55.1 Å². The Kier molecular flexibility index (Phi) is 8.51. The molecule has 1 unspecified atom stereocenters. The highest BCUT2D eigenvalue weighted by atomic mass is 31.2. The van der Waals surface area contributed by atoms with Gasteiger partial charge in [0.2, 0.25) is 0 Å². The smallest absolute Gasteiger partial charge is 0.272 e. The number of nitrogens with zero attached hydrogens (tertiary/aromatic N) is 4. The molecule has 10 heteroatoms. The largest absolute Gasteiger partial charge is 0.441 e. The van der Waals surface area contributed by atoms with Gasteiger partial charge in [0.25, 0.3) is 7.37 Å². The van der Waals surface area contributed by atoms with Crippen LogP contribution in [-0.2, 0) is 27.2 Å². The molecule has 5 rings (SSSR count). The molecule has 2 atom stereocenters. The number of imidazole rings is 1. The van der Waals surface area contributed by atoms with Crippen molar-refractivity contribution in [3.05, 3.63) is 91.0 Å². The molecule has 0 spiro atoms. The van der Waals surface area contributed by atoms with E-state index in [1.807, 2.05) is 47.9 Å². The SMILES string of the molecule is C[C@H](Cn1cnc2c(N)ncnc21)OCP(=O)(CCCOCc1cccc2ccccc12)Oc1ccccc1. The van der Waals surface area contributed by atoms with Crippen molar-refractivity contribution in [2.45, 2.75) is 32.6 Å². The Bertz CT molecular complexity index is 1570. The van der Waals surface area contributed by atoms with Gasteiger partial charge in [-0.2, -0.15) is 0 Å². The predicted molar refractivity (Wildman–Crippen MR) is 153 cm³/mol. The van der Waals surface area contributed by atoms with E-state index in [2.05, 4.69) is 39.2 Å². The minimum atomic E-state index is -3.17. The number of hydrogen-bond donors (Lipinski definition) is 1. The molecule has 2 N–H and O–H groups in total. The summed E-state index contributed by atoms with van der Waals surface area (Å²) in [6.07, 6.45) is 3.69. The molecule has 39 heavy (non-hydrogen) atoms. The number of rotatable bonds is 13. The first kappa shape index (κ1) is 26.8. The molecule has 0 fully saturated rings. The van der Waals surface area contributed by atoms with E-state index in [0.717, 1.165) is 5.56 Å². The van der Waals surface area contributed by atoms with Gasteiger partial charge in [0.05, 0.1) is 25.6 Å². The number of para-hydroxylation sites is 1. The summed E-state index contributed by atoms with van der Waals surface area (Å²) < 4.78 is 33.8. The van der Waals surface area contributed by atoms with Crippen LogP contribution in [0.5, 0.6) is 5.75 Å². The number of nitrogen functional groups attached to an aromatic ring is 1. The standard InChI is InChI=1S/C29H32N5O4P/c1-22(17-34-20-33-27-28(30)31-19-32-29(27)34)37-21-39(35,38-25-12-3-2-4-13-25)16-8-15-36-18-24-11-7-10-23-9-5-6-14-26(23)24/h2-7,9-14,19-20,22H,8,15-18,21H2,1H3,(H2,30,31,32)/t22-,39?/m1/s1. The molecule has 0 amide bonds. The summed E-state index contributed by atoms with van der Waals surface area (Å²) in [6.45, 7) is 3.33. The van der Waals surface area contributed by atoms with E-state index in [-0.39, 0.29) is 12.5 Å². The molecule has 0 aliphatic rings. The third kappa shape index (κ3) is 6.81. The molecular formula is C29H32N5O4P. The fourth-order valence-corrected chi connectivity index (χ4v) is 6.29. The number of fused-ring (bicyclic) bond motifs is 2. The van der Waals surface area contributed by atoms with E-state index in [4.69, 9.17) is 19.7 Å². The van der Waals surface area contributed by atoms with Gasteiger partial charge < -0.3 is 24.3 Å². The second-order valence-corrected chi connectivity index (χ2v) is 11.9. The number of benzene rings is 3. The molecule has 0 aliphatic heterocycles. The van der Waals surface area contributed by atoms with Crippen molar-refractivity contribution in [3.63, 3.8) is 0 Å². The number of nitrogens with two attached hydrogens (primary N) is 1. The lowest BCUT2D eigenvalue weighted by molar-refractivity contribution is 0.0825. The van der Waals surface area contributed by atoms with Crippen LogP contribution in [0.3, 0.4) is 0 Å². The quantitative estimate of drug-likeness (QED) is 0.144. The van der Waals surface area contributed by atoms with Crippen LogP contribution < -0.4 is 10.3 Å². The lowest BCUT2D eigenvalue weighted by Gasteiger charge is -2.22. The summed E-state index contributed by atoms with van der Waals surface area (Å²) in [5.41, 5.74) is 8.20. The highest BCUT2D eigenvalue weighted by Crippen LogP contribution is 2.48. The molecule has 3 aromatic carbocycles. The van der Waals surface area contributed by atoms with Gasteiger partial charge in [-0.3, -0.25) is 4.57 Å². The van der Waals surface area contributed by atoms with Crippen molar-refractivity contribution in [3.8, 4) is 5.75 Å². The number of ether oxygens (including phenoxy) is 2. The van der Waals surface area contributed by atoms with Crippen molar-refractivity contribution in [1.29, 1.82) is 0 Å². The predicted octanol–water partition coefficient (Wildman–Crippen LogP) is 5.89. The normalized spacial score (nSPS) is 13.9. The molecule has 0 saturated heterocycles. The molecule has 9 nitrogen and oxygen atoms in total. The molecule has 0 saturated carbocycles. The van der Waals surface area contributed by atoms with Crippen molar-refractivity contribution >= 4 is 35.1 Å². The maximum Gasteiger partial charge on any atom is 0.272 e. The first-order valence-electron chi connectivity index (χ1n) is 12.9. The Morgan fingerprint density at radius 2 is 1.77 bits per heavy atom. The summed E-state index contributed by atoms with van der Waals surface area (Å²) in [5.74, 6) is 0.886. The van der Waals surface area contributed by atoms with E-state index in [1.165, 1.54) is 17.1 Å². The van der Waals surface area contributed by atoms with Crippen molar-refractivity contribution in [2.75, 3.05) is 24.9 Å². The summed E-state index contributed by atoms with van der Waals surface area (Å²) in [4.78, 5) is 12.5. The monoisotopic (exact) mass is 545 g/mol. The lowest BCUT2D eigenvalue weighted by atomic mass is 10.1. The molecule has 5 aromatic rings.